The van der Waals surface area contributed by atoms with E-state index in [-0.39, 0.29) is 29.1 Å². The van der Waals surface area contributed by atoms with E-state index >= 15 is 0 Å². The summed E-state index contributed by atoms with van der Waals surface area (Å²) in [5.41, 5.74) is -2.27. The highest BCUT2D eigenvalue weighted by Crippen LogP contribution is 2.76. The van der Waals surface area contributed by atoms with E-state index in [4.69, 9.17) is 28.4 Å². The van der Waals surface area contributed by atoms with Crippen molar-refractivity contribution in [1.29, 1.82) is 0 Å². The van der Waals surface area contributed by atoms with Gasteiger partial charge in [0.15, 0.2) is 24.8 Å². The molecule has 0 aromatic heterocycles. The van der Waals surface area contributed by atoms with Crippen LogP contribution in [0.5, 0.6) is 0 Å². The molecule has 6 fully saturated rings. The Morgan fingerprint density at radius 1 is 0.729 bits per heavy atom. The van der Waals surface area contributed by atoms with Crippen LogP contribution in [-0.2, 0) is 42.8 Å². The minimum atomic E-state index is -1.99. The number of carboxylic acids is 1. The molecule has 0 amide bonds. The number of allylic oxidation sites excluding steroid dienone is 4. The molecule has 0 radical (unpaired) electrons. The molecule has 5 aliphatic carbocycles. The van der Waals surface area contributed by atoms with Crippen molar-refractivity contribution >= 4 is 17.9 Å². The van der Waals surface area contributed by atoms with E-state index in [1.165, 1.54) is 0 Å². The van der Waals surface area contributed by atoms with Crippen LogP contribution < -0.4 is 0 Å². The Bertz CT molecular complexity index is 2080. The van der Waals surface area contributed by atoms with Crippen LogP contribution in [0.1, 0.15) is 121 Å². The van der Waals surface area contributed by atoms with Crippen molar-refractivity contribution in [2.45, 2.75) is 207 Å². The molecule has 0 bridgehead atoms. The Hall–Kier alpha value is -2.85. The summed E-state index contributed by atoms with van der Waals surface area (Å²) in [5.74, 6) is -3.10. The fourth-order valence-corrected chi connectivity index (χ4v) is 14.9. The van der Waals surface area contributed by atoms with Crippen molar-refractivity contribution in [3.8, 4) is 0 Å². The van der Waals surface area contributed by atoms with Crippen LogP contribution in [0.3, 0.4) is 0 Å². The van der Waals surface area contributed by atoms with Crippen molar-refractivity contribution in [3.63, 3.8) is 0 Å². The van der Waals surface area contributed by atoms with Gasteiger partial charge >= 0.3 is 17.9 Å². The number of esters is 2. The monoisotopic (exact) mass is 993 g/mol. The van der Waals surface area contributed by atoms with Crippen LogP contribution in [0.25, 0.3) is 0 Å². The second-order valence-corrected chi connectivity index (χ2v) is 23.7. The quantitative estimate of drug-likeness (QED) is 0.0623. The molecular formula is C52H80O18. The number of aliphatic hydroxyl groups excluding tert-OH is 8. The van der Waals surface area contributed by atoms with E-state index < -0.39 is 145 Å². The first kappa shape index (κ1) is 54.9. The second-order valence-electron chi connectivity index (χ2n) is 23.7. The van der Waals surface area contributed by atoms with Crippen LogP contribution in [-0.4, -0.2) is 163 Å². The van der Waals surface area contributed by atoms with Crippen LogP contribution in [0.15, 0.2) is 34.9 Å². The Labute approximate surface area is 411 Å². The number of hydrogen-bond donors (Lipinski definition) is 9. The van der Waals surface area contributed by atoms with Crippen molar-refractivity contribution < 1.29 is 88.8 Å². The predicted molar refractivity (Wildman–Crippen MR) is 249 cm³/mol. The normalized spacial score (nSPS) is 47.9. The molecule has 2 aliphatic heterocycles. The van der Waals surface area contributed by atoms with Crippen LogP contribution in [0.4, 0.5) is 0 Å². The van der Waals surface area contributed by atoms with Gasteiger partial charge in [-0.2, -0.15) is 0 Å². The number of carbonyl (C=O) groups excluding carboxylic acids is 2. The first-order chi connectivity index (χ1) is 32.6. The summed E-state index contributed by atoms with van der Waals surface area (Å²) >= 11 is 0. The van der Waals surface area contributed by atoms with Crippen molar-refractivity contribution in [2.75, 3.05) is 13.2 Å². The maximum atomic E-state index is 13.7. The Balaban J connectivity index is 1.21. The highest BCUT2D eigenvalue weighted by atomic mass is 16.8. The number of carbonyl (C=O) groups is 3. The van der Waals surface area contributed by atoms with Gasteiger partial charge in [0.25, 0.3) is 0 Å². The number of carboxylic acid groups (broad SMARTS) is 1. The number of aliphatic hydroxyl groups is 8. The molecule has 0 aromatic rings. The maximum absolute atomic E-state index is 13.7. The van der Waals surface area contributed by atoms with E-state index in [2.05, 4.69) is 40.7 Å². The highest BCUT2D eigenvalue weighted by molar-refractivity contribution is 5.89. The van der Waals surface area contributed by atoms with E-state index in [1.54, 1.807) is 39.8 Å². The van der Waals surface area contributed by atoms with Crippen molar-refractivity contribution in [1.82, 2.24) is 0 Å². The van der Waals surface area contributed by atoms with E-state index in [1.807, 2.05) is 13.8 Å². The lowest BCUT2D eigenvalue weighted by Crippen LogP contribution is -2.72. The number of ether oxygens (including phenoxy) is 6. The minimum Gasteiger partial charge on any atom is -0.479 e. The molecule has 7 rings (SSSR count). The average Bonchev–Trinajstić information content (AvgIpc) is 3.29. The van der Waals surface area contributed by atoms with Gasteiger partial charge in [0.2, 0.25) is 0 Å². The third kappa shape index (κ3) is 8.45. The third-order valence-electron chi connectivity index (χ3n) is 19.5. The lowest BCUT2D eigenvalue weighted by atomic mass is 9.33. The molecule has 4 saturated carbocycles. The minimum absolute atomic E-state index is 0.0166. The second kappa shape index (κ2) is 19.4. The predicted octanol–water partition coefficient (Wildman–Crippen LogP) is 2.83. The lowest BCUT2D eigenvalue weighted by Gasteiger charge is -2.72. The van der Waals surface area contributed by atoms with Crippen LogP contribution in [0, 0.1) is 50.2 Å². The molecule has 70 heavy (non-hydrogen) atoms. The molecule has 0 spiro atoms. The number of aliphatic carboxylic acids is 1. The largest absolute Gasteiger partial charge is 0.479 e. The number of hydrogen-bond acceptors (Lipinski definition) is 17. The van der Waals surface area contributed by atoms with Gasteiger partial charge in [0, 0.05) is 16.6 Å². The highest BCUT2D eigenvalue weighted by Gasteiger charge is 2.74. The SMILES string of the molecule is CC=C(C)C(=O)OC1C(OC(=O)C(C)=CC)C2(CO)C(O)CC3(C)C(=CCC4C5(C)CCC(OC6OC(C(=O)O)C(O)C(O)C6OC6OC(CO)C(O)C(O)C6O)C(C)(C)C5CCC43C)C2CC1(C)C. The van der Waals surface area contributed by atoms with Gasteiger partial charge in [0.1, 0.15) is 48.8 Å². The molecule has 396 valence electrons. The topological polar surface area (TPSA) is 289 Å². The van der Waals surface area contributed by atoms with Gasteiger partial charge in [-0.3, -0.25) is 0 Å². The Morgan fingerprint density at radius 2 is 1.34 bits per heavy atom. The summed E-state index contributed by atoms with van der Waals surface area (Å²) in [6.45, 7) is 20.5. The van der Waals surface area contributed by atoms with Gasteiger partial charge in [-0.05, 0) is 112 Å². The molecule has 21 atom stereocenters. The van der Waals surface area contributed by atoms with Gasteiger partial charge < -0.3 is 74.4 Å². The lowest BCUT2D eigenvalue weighted by molar-refractivity contribution is -0.374. The fraction of sp³-hybridized carbons (Fsp3) is 0.827. The summed E-state index contributed by atoms with van der Waals surface area (Å²) in [6, 6.07) is 0. The average molecular weight is 993 g/mol. The first-order valence-electron chi connectivity index (χ1n) is 25.1. The molecular weight excluding hydrogens is 913 g/mol. The smallest absolute Gasteiger partial charge is 0.335 e. The molecule has 21 unspecified atom stereocenters. The zero-order valence-corrected chi connectivity index (χ0v) is 42.6. The van der Waals surface area contributed by atoms with E-state index in [9.17, 15) is 60.3 Å². The van der Waals surface area contributed by atoms with E-state index in [0.29, 0.717) is 36.8 Å². The summed E-state index contributed by atoms with van der Waals surface area (Å²) in [6.07, 6.45) is -12.1. The van der Waals surface area contributed by atoms with Gasteiger partial charge in [0.05, 0.1) is 30.8 Å². The third-order valence-corrected chi connectivity index (χ3v) is 19.5. The molecule has 18 nitrogen and oxygen atoms in total. The van der Waals surface area contributed by atoms with Crippen molar-refractivity contribution in [3.05, 3.63) is 34.9 Å². The molecule has 7 aliphatic rings. The molecule has 2 saturated heterocycles. The summed E-state index contributed by atoms with van der Waals surface area (Å²) < 4.78 is 36.7. The van der Waals surface area contributed by atoms with Gasteiger partial charge in [-0.25, -0.2) is 14.4 Å². The zero-order valence-electron chi connectivity index (χ0n) is 42.6. The van der Waals surface area contributed by atoms with Gasteiger partial charge in [-0.15, -0.1) is 0 Å². The Kier molecular flexibility index (Phi) is 15.3. The molecule has 18 heteroatoms. The summed E-state index contributed by atoms with van der Waals surface area (Å²) in [5, 5.41) is 98.4. The van der Waals surface area contributed by atoms with E-state index in [0.717, 1.165) is 18.4 Å². The van der Waals surface area contributed by atoms with Crippen molar-refractivity contribution in [2.24, 2.45) is 50.2 Å². The number of fused-ring (bicyclic) bond motifs is 7. The van der Waals surface area contributed by atoms with Gasteiger partial charge in [-0.1, -0.05) is 72.3 Å². The molecule has 2 heterocycles. The standard InChI is InChI=1S/C52H80O18/c1-12-24(3)43(63)69-40-41(70-44(64)25(4)13-2)52(23-54)27(20-47(40,5)6)26-14-15-30-49(9)18-17-32(48(7,8)29(49)16-19-50(30,10)51(26,11)21-31(52)55)66-46-39(36(59)35(58)38(67-46)42(61)62)68-45-37(60)34(57)33(56)28(22-53)65-45/h12-14,27-41,45-46,53-60H,15-23H2,1-11H3,(H,61,62). The number of rotatable bonds is 11. The molecule has 0 aromatic carbocycles. The van der Waals surface area contributed by atoms with Crippen LogP contribution in [0.2, 0.25) is 0 Å². The van der Waals surface area contributed by atoms with Crippen LogP contribution >= 0.6 is 0 Å². The zero-order chi connectivity index (χ0) is 52.0. The fourth-order valence-electron chi connectivity index (χ4n) is 14.9. The summed E-state index contributed by atoms with van der Waals surface area (Å²) in [4.78, 5) is 39.6. The summed E-state index contributed by atoms with van der Waals surface area (Å²) in [7, 11) is 0. The molecule has 9 N–H and O–H groups in total. The Morgan fingerprint density at radius 3 is 1.91 bits per heavy atom. The maximum Gasteiger partial charge on any atom is 0.335 e. The first-order valence-corrected chi connectivity index (χ1v) is 25.1.